The predicted octanol–water partition coefficient (Wildman–Crippen LogP) is 3.63. The Labute approximate surface area is 159 Å². The van der Waals surface area contributed by atoms with Crippen molar-refractivity contribution in [1.29, 1.82) is 0 Å². The van der Waals surface area contributed by atoms with Crippen LogP contribution in [0.3, 0.4) is 0 Å². The second-order valence-corrected chi connectivity index (χ2v) is 8.52. The van der Waals surface area contributed by atoms with E-state index in [1.165, 1.54) is 36.8 Å². The third-order valence-corrected chi connectivity index (χ3v) is 6.57. The van der Waals surface area contributed by atoms with Gasteiger partial charge in [-0.2, -0.15) is 4.98 Å². The van der Waals surface area contributed by atoms with Crippen molar-refractivity contribution in [3.05, 3.63) is 40.2 Å². The molecule has 0 amide bonds. The van der Waals surface area contributed by atoms with E-state index in [1.807, 2.05) is 6.07 Å². The van der Waals surface area contributed by atoms with E-state index < -0.39 is 0 Å². The van der Waals surface area contributed by atoms with Crippen molar-refractivity contribution < 1.29 is 4.52 Å². The largest absolute Gasteiger partial charge is 0.324 e. The van der Waals surface area contributed by atoms with E-state index in [-0.39, 0.29) is 0 Å². The van der Waals surface area contributed by atoms with Gasteiger partial charge in [0.1, 0.15) is 0 Å². The molecule has 6 heteroatoms. The van der Waals surface area contributed by atoms with Crippen LogP contribution < -0.4 is 10.2 Å². The zero-order valence-corrected chi connectivity index (χ0v) is 15.7. The van der Waals surface area contributed by atoms with Gasteiger partial charge in [0.15, 0.2) is 5.82 Å². The zero-order valence-electron chi connectivity index (χ0n) is 15.0. The number of hydrogen-bond donors (Lipinski definition) is 1. The molecule has 3 aliphatic rings. The van der Waals surface area contributed by atoms with Gasteiger partial charge in [0.25, 0.3) is 0 Å². The monoisotopic (exact) mass is 372 g/mol. The summed E-state index contributed by atoms with van der Waals surface area (Å²) in [5.41, 5.74) is 2.59. The summed E-state index contributed by atoms with van der Waals surface area (Å²) in [5, 5.41) is 8.35. The fourth-order valence-electron chi connectivity index (χ4n) is 5.13. The lowest BCUT2D eigenvalue weighted by Gasteiger charge is -2.24. The summed E-state index contributed by atoms with van der Waals surface area (Å²) < 4.78 is 5.48. The van der Waals surface area contributed by atoms with Crippen molar-refractivity contribution in [3.8, 4) is 0 Å². The molecule has 3 atom stereocenters. The molecule has 1 aromatic heterocycles. The average Bonchev–Trinajstić information content (AvgIpc) is 3.39. The number of halogens is 1. The molecule has 0 spiro atoms. The molecule has 2 saturated carbocycles. The molecule has 3 fully saturated rings. The van der Waals surface area contributed by atoms with Crippen LogP contribution in [-0.4, -0.2) is 36.3 Å². The Hall–Kier alpha value is -1.59. The Kier molecular flexibility index (Phi) is 4.37. The fourth-order valence-corrected chi connectivity index (χ4v) is 5.39. The van der Waals surface area contributed by atoms with Crippen molar-refractivity contribution in [1.82, 2.24) is 15.5 Å². The highest BCUT2D eigenvalue weighted by molar-refractivity contribution is 6.30. The van der Waals surface area contributed by atoms with Gasteiger partial charge in [-0.3, -0.25) is 0 Å². The number of aromatic nitrogens is 2. The standard InChI is InChI=1S/C20H25ClN4O/c21-17-9-14(8-16(12-17)18-10-13-1-2-15(18)7-13)11-19-23-20(26-24-19)25-5-3-22-4-6-25/h8-9,12-13,15,18,22H,1-7,10-11H2/t13-,15+,18?/m1/s1. The molecule has 5 nitrogen and oxygen atoms in total. The van der Waals surface area contributed by atoms with Crippen molar-refractivity contribution in [2.45, 2.75) is 38.0 Å². The predicted molar refractivity (Wildman–Crippen MR) is 102 cm³/mol. The van der Waals surface area contributed by atoms with Gasteiger partial charge in [-0.1, -0.05) is 29.2 Å². The minimum Gasteiger partial charge on any atom is -0.322 e. The number of nitrogens with zero attached hydrogens (tertiary/aromatic N) is 3. The Morgan fingerprint density at radius 1 is 1.15 bits per heavy atom. The zero-order chi connectivity index (χ0) is 17.5. The minimum atomic E-state index is 0.636. The lowest BCUT2D eigenvalue weighted by molar-refractivity contribution is 0.399. The number of anilines is 1. The number of rotatable bonds is 4. The Bertz CT molecular complexity index is 786. The summed E-state index contributed by atoms with van der Waals surface area (Å²) in [6, 6.07) is 7.16. The minimum absolute atomic E-state index is 0.636. The van der Waals surface area contributed by atoms with E-state index in [4.69, 9.17) is 16.1 Å². The summed E-state index contributed by atoms with van der Waals surface area (Å²) in [4.78, 5) is 6.75. The van der Waals surface area contributed by atoms with E-state index in [0.29, 0.717) is 18.4 Å². The maximum Gasteiger partial charge on any atom is 0.324 e. The maximum atomic E-state index is 6.44. The summed E-state index contributed by atoms with van der Waals surface area (Å²) in [6.07, 6.45) is 6.22. The molecule has 1 saturated heterocycles. The molecule has 1 aliphatic heterocycles. The molecule has 138 valence electrons. The highest BCUT2D eigenvalue weighted by atomic mass is 35.5. The molecule has 0 radical (unpaired) electrons. The molecular weight excluding hydrogens is 348 g/mol. The second-order valence-electron chi connectivity index (χ2n) is 8.08. The van der Waals surface area contributed by atoms with Crippen LogP contribution in [0.15, 0.2) is 22.7 Å². The van der Waals surface area contributed by atoms with Crippen LogP contribution in [0.2, 0.25) is 5.02 Å². The van der Waals surface area contributed by atoms with Gasteiger partial charge in [0.05, 0.1) is 0 Å². The first-order valence-electron chi connectivity index (χ1n) is 9.82. The summed E-state index contributed by atoms with van der Waals surface area (Å²) in [6.45, 7) is 3.73. The molecule has 2 heterocycles. The van der Waals surface area contributed by atoms with Crippen LogP contribution in [0.4, 0.5) is 6.01 Å². The van der Waals surface area contributed by atoms with Gasteiger partial charge in [0, 0.05) is 37.6 Å². The van der Waals surface area contributed by atoms with E-state index in [0.717, 1.165) is 48.9 Å². The van der Waals surface area contributed by atoms with Gasteiger partial charge in [-0.25, -0.2) is 0 Å². The van der Waals surface area contributed by atoms with E-state index in [2.05, 4.69) is 32.5 Å². The van der Waals surface area contributed by atoms with Gasteiger partial charge >= 0.3 is 6.01 Å². The van der Waals surface area contributed by atoms with Crippen LogP contribution in [-0.2, 0) is 6.42 Å². The van der Waals surface area contributed by atoms with Gasteiger partial charge < -0.3 is 14.7 Å². The number of benzene rings is 1. The second kappa shape index (κ2) is 6.86. The summed E-state index contributed by atoms with van der Waals surface area (Å²) in [7, 11) is 0. The molecule has 1 N–H and O–H groups in total. The summed E-state index contributed by atoms with van der Waals surface area (Å²) in [5.74, 6) is 3.22. The maximum absolute atomic E-state index is 6.44. The number of nitrogens with one attached hydrogen (secondary N) is 1. The summed E-state index contributed by atoms with van der Waals surface area (Å²) >= 11 is 6.44. The molecule has 2 aromatic rings. The molecule has 1 aromatic carbocycles. The van der Waals surface area contributed by atoms with Crippen LogP contribution >= 0.6 is 11.6 Å². The first-order chi connectivity index (χ1) is 12.7. The first kappa shape index (κ1) is 16.6. The Morgan fingerprint density at radius 3 is 2.81 bits per heavy atom. The smallest absolute Gasteiger partial charge is 0.322 e. The fraction of sp³-hybridized carbons (Fsp3) is 0.600. The van der Waals surface area contributed by atoms with Crippen LogP contribution in [0.25, 0.3) is 0 Å². The van der Waals surface area contributed by atoms with Gasteiger partial charge in [0.2, 0.25) is 0 Å². The molecular formula is C20H25ClN4O. The van der Waals surface area contributed by atoms with Crippen LogP contribution in [0.5, 0.6) is 0 Å². The Morgan fingerprint density at radius 2 is 2.04 bits per heavy atom. The Balaban J connectivity index is 1.33. The normalized spacial score (nSPS) is 28.0. The SMILES string of the molecule is Clc1cc(Cc2noc(N3CCNCC3)n2)cc(C2C[C@@H]3CC[C@H]2C3)c1. The quantitative estimate of drug-likeness (QED) is 0.888. The third-order valence-electron chi connectivity index (χ3n) is 6.35. The van der Waals surface area contributed by atoms with Gasteiger partial charge in [-0.15, -0.1) is 0 Å². The molecule has 26 heavy (non-hydrogen) atoms. The lowest BCUT2D eigenvalue weighted by Crippen LogP contribution is -2.43. The average molecular weight is 373 g/mol. The van der Waals surface area contributed by atoms with Crippen molar-refractivity contribution in [3.63, 3.8) is 0 Å². The number of hydrogen-bond acceptors (Lipinski definition) is 5. The molecule has 1 unspecified atom stereocenters. The first-order valence-corrected chi connectivity index (χ1v) is 10.2. The van der Waals surface area contributed by atoms with Crippen LogP contribution in [0.1, 0.15) is 48.6 Å². The third kappa shape index (κ3) is 3.23. The van der Waals surface area contributed by atoms with Crippen LogP contribution in [0, 0.1) is 11.8 Å². The van der Waals surface area contributed by atoms with Crippen molar-refractivity contribution in [2.75, 3.05) is 31.1 Å². The van der Waals surface area contributed by atoms with E-state index >= 15 is 0 Å². The van der Waals surface area contributed by atoms with E-state index in [9.17, 15) is 0 Å². The molecule has 2 aliphatic carbocycles. The number of fused-ring (bicyclic) bond motifs is 2. The lowest BCUT2D eigenvalue weighted by atomic mass is 9.83. The topological polar surface area (TPSA) is 54.2 Å². The number of piperazine rings is 1. The van der Waals surface area contributed by atoms with Crippen molar-refractivity contribution >= 4 is 17.6 Å². The van der Waals surface area contributed by atoms with Crippen molar-refractivity contribution in [2.24, 2.45) is 11.8 Å². The molecule has 2 bridgehead atoms. The van der Waals surface area contributed by atoms with E-state index in [1.54, 1.807) is 0 Å². The molecule has 5 rings (SSSR count). The highest BCUT2D eigenvalue weighted by Crippen LogP contribution is 2.53. The van der Waals surface area contributed by atoms with Gasteiger partial charge in [-0.05, 0) is 60.3 Å². The highest BCUT2D eigenvalue weighted by Gasteiger charge is 2.40.